The molecule has 0 unspecified atom stereocenters. The third-order valence-corrected chi connectivity index (χ3v) is 1.99. The van der Waals surface area contributed by atoms with Crippen molar-refractivity contribution in [3.63, 3.8) is 0 Å². The number of carbonyl (C=O) groups excluding carboxylic acids is 1. The van der Waals surface area contributed by atoms with Gasteiger partial charge in [0.05, 0.1) is 7.11 Å². The van der Waals surface area contributed by atoms with Crippen LogP contribution in [0.25, 0.3) is 6.08 Å². The highest BCUT2D eigenvalue weighted by atomic mass is 19.1. The summed E-state index contributed by atoms with van der Waals surface area (Å²) in [4.78, 5) is 11.4. The van der Waals surface area contributed by atoms with Crippen molar-refractivity contribution in [2.75, 3.05) is 7.11 Å². The minimum atomic E-state index is -0.535. The topological polar surface area (TPSA) is 35.5 Å². The Morgan fingerprint density at radius 3 is 2.50 bits per heavy atom. The number of benzene rings is 1. The molecule has 0 spiro atoms. The van der Waals surface area contributed by atoms with Crippen molar-refractivity contribution in [2.45, 2.75) is 26.4 Å². The number of hydrogen-bond donors (Lipinski definition) is 0. The van der Waals surface area contributed by atoms with E-state index in [0.717, 1.165) is 0 Å². The smallest absolute Gasteiger partial charge is 0.331 e. The second-order valence-electron chi connectivity index (χ2n) is 4.76. The molecule has 18 heavy (non-hydrogen) atoms. The van der Waals surface area contributed by atoms with Crippen molar-refractivity contribution < 1.29 is 18.7 Å². The number of esters is 1. The fourth-order valence-corrected chi connectivity index (χ4v) is 1.29. The second-order valence-corrected chi connectivity index (χ2v) is 4.76. The molecule has 0 N–H and O–H groups in total. The van der Waals surface area contributed by atoms with E-state index in [1.54, 1.807) is 26.8 Å². The minimum Gasteiger partial charge on any atom is -0.494 e. The van der Waals surface area contributed by atoms with Crippen LogP contribution in [-0.2, 0) is 9.53 Å². The molecule has 0 bridgehead atoms. The summed E-state index contributed by atoms with van der Waals surface area (Å²) in [7, 11) is 1.40. The van der Waals surface area contributed by atoms with Crippen LogP contribution < -0.4 is 4.74 Å². The van der Waals surface area contributed by atoms with Crippen molar-refractivity contribution >= 4 is 12.0 Å². The van der Waals surface area contributed by atoms with Gasteiger partial charge in [0.1, 0.15) is 5.60 Å². The van der Waals surface area contributed by atoms with E-state index in [4.69, 9.17) is 9.47 Å². The molecule has 0 aliphatic rings. The largest absolute Gasteiger partial charge is 0.494 e. The zero-order chi connectivity index (χ0) is 13.8. The summed E-state index contributed by atoms with van der Waals surface area (Å²) >= 11 is 0. The average molecular weight is 252 g/mol. The zero-order valence-electron chi connectivity index (χ0n) is 11.0. The Morgan fingerprint density at radius 1 is 1.33 bits per heavy atom. The summed E-state index contributed by atoms with van der Waals surface area (Å²) in [5, 5.41) is 0. The van der Waals surface area contributed by atoms with Gasteiger partial charge in [0.2, 0.25) is 0 Å². The molecule has 1 aromatic rings. The lowest BCUT2D eigenvalue weighted by molar-refractivity contribution is -0.148. The summed E-state index contributed by atoms with van der Waals surface area (Å²) in [6, 6.07) is 4.45. The van der Waals surface area contributed by atoms with Gasteiger partial charge in [-0.25, -0.2) is 9.18 Å². The van der Waals surface area contributed by atoms with Crippen LogP contribution >= 0.6 is 0 Å². The van der Waals surface area contributed by atoms with E-state index >= 15 is 0 Å². The van der Waals surface area contributed by atoms with Gasteiger partial charge in [0.15, 0.2) is 11.6 Å². The van der Waals surface area contributed by atoms with Gasteiger partial charge in [0.25, 0.3) is 0 Å². The van der Waals surface area contributed by atoms with E-state index in [1.165, 1.54) is 31.4 Å². The summed E-state index contributed by atoms with van der Waals surface area (Å²) < 4.78 is 23.3. The lowest BCUT2D eigenvalue weighted by Gasteiger charge is -2.17. The van der Waals surface area contributed by atoms with Gasteiger partial charge >= 0.3 is 5.97 Å². The van der Waals surface area contributed by atoms with Crippen LogP contribution in [0.4, 0.5) is 4.39 Å². The van der Waals surface area contributed by atoms with E-state index < -0.39 is 17.4 Å². The van der Waals surface area contributed by atoms with Gasteiger partial charge in [0, 0.05) is 6.08 Å². The number of methoxy groups -OCH3 is 1. The molecule has 0 aromatic heterocycles. The molecule has 0 aliphatic heterocycles. The first-order valence-electron chi connectivity index (χ1n) is 5.56. The molecule has 0 saturated carbocycles. The van der Waals surface area contributed by atoms with Crippen molar-refractivity contribution in [3.05, 3.63) is 35.7 Å². The monoisotopic (exact) mass is 252 g/mol. The lowest BCUT2D eigenvalue weighted by atomic mass is 10.2. The van der Waals surface area contributed by atoms with Crippen molar-refractivity contribution in [2.24, 2.45) is 0 Å². The Bertz CT molecular complexity index is 459. The number of ether oxygens (including phenoxy) is 2. The molecule has 0 amide bonds. The highest BCUT2D eigenvalue weighted by molar-refractivity contribution is 5.87. The first kappa shape index (κ1) is 14.2. The van der Waals surface area contributed by atoms with Gasteiger partial charge in [-0.1, -0.05) is 6.07 Å². The Hall–Kier alpha value is -1.84. The van der Waals surface area contributed by atoms with Crippen LogP contribution in [0, 0.1) is 5.82 Å². The molecule has 0 saturated heterocycles. The maximum absolute atomic E-state index is 13.4. The molecule has 1 aromatic carbocycles. The van der Waals surface area contributed by atoms with Gasteiger partial charge in [-0.15, -0.1) is 0 Å². The molecular formula is C14H17FO3. The third-order valence-electron chi connectivity index (χ3n) is 1.99. The van der Waals surface area contributed by atoms with Gasteiger partial charge in [-0.05, 0) is 44.5 Å². The summed E-state index contributed by atoms with van der Waals surface area (Å²) in [6.07, 6.45) is 2.77. The maximum Gasteiger partial charge on any atom is 0.331 e. The summed E-state index contributed by atoms with van der Waals surface area (Å²) in [5.41, 5.74) is 0.0335. The van der Waals surface area contributed by atoms with Crippen molar-refractivity contribution in [1.82, 2.24) is 0 Å². The first-order chi connectivity index (χ1) is 8.31. The summed E-state index contributed by atoms with van der Waals surface area (Å²) in [5.74, 6) is -0.757. The summed E-state index contributed by atoms with van der Waals surface area (Å²) in [6.45, 7) is 5.35. The lowest BCUT2D eigenvalue weighted by Crippen LogP contribution is -2.22. The van der Waals surface area contributed by atoms with E-state index in [9.17, 15) is 9.18 Å². The van der Waals surface area contributed by atoms with Crippen LogP contribution in [0.15, 0.2) is 24.3 Å². The fraction of sp³-hybridized carbons (Fsp3) is 0.357. The van der Waals surface area contributed by atoms with Crippen LogP contribution in [0.5, 0.6) is 5.75 Å². The molecule has 0 aliphatic carbocycles. The number of halogens is 1. The quantitative estimate of drug-likeness (QED) is 0.612. The predicted molar refractivity (Wildman–Crippen MR) is 67.8 cm³/mol. The Balaban J connectivity index is 2.73. The highest BCUT2D eigenvalue weighted by Gasteiger charge is 2.13. The molecule has 0 fully saturated rings. The normalized spacial score (nSPS) is 11.6. The highest BCUT2D eigenvalue weighted by Crippen LogP contribution is 2.18. The Kier molecular flexibility index (Phi) is 4.48. The molecule has 4 heteroatoms. The van der Waals surface area contributed by atoms with Crippen LogP contribution in [0.1, 0.15) is 26.3 Å². The standard InChI is InChI=1S/C14H17FO3/c1-14(2,3)18-13(16)8-6-10-5-7-12(17-4)11(15)9-10/h5-9H,1-4H3/b8-6+. The molecule has 0 radical (unpaired) electrons. The maximum atomic E-state index is 13.4. The van der Waals surface area contributed by atoms with Crippen molar-refractivity contribution in [1.29, 1.82) is 0 Å². The molecule has 1 rings (SSSR count). The minimum absolute atomic E-state index is 0.171. The van der Waals surface area contributed by atoms with E-state index in [2.05, 4.69) is 0 Å². The molecule has 0 atom stereocenters. The average Bonchev–Trinajstić information content (AvgIpc) is 2.24. The molecule has 98 valence electrons. The van der Waals surface area contributed by atoms with E-state index in [1.807, 2.05) is 0 Å². The van der Waals surface area contributed by atoms with E-state index in [-0.39, 0.29) is 5.75 Å². The van der Waals surface area contributed by atoms with Gasteiger partial charge in [-0.2, -0.15) is 0 Å². The first-order valence-corrected chi connectivity index (χ1v) is 5.56. The Labute approximate surface area is 106 Å². The SMILES string of the molecule is COc1ccc(/C=C/C(=O)OC(C)(C)C)cc1F. The fourth-order valence-electron chi connectivity index (χ4n) is 1.29. The van der Waals surface area contributed by atoms with Crippen LogP contribution in [0.3, 0.4) is 0 Å². The number of hydrogen-bond acceptors (Lipinski definition) is 3. The predicted octanol–water partition coefficient (Wildman–Crippen LogP) is 3.19. The second kappa shape index (κ2) is 5.67. The van der Waals surface area contributed by atoms with E-state index in [0.29, 0.717) is 5.56 Å². The molecular weight excluding hydrogens is 235 g/mol. The number of carbonyl (C=O) groups is 1. The van der Waals surface area contributed by atoms with Crippen LogP contribution in [0.2, 0.25) is 0 Å². The number of rotatable bonds is 3. The third kappa shape index (κ3) is 4.57. The molecule has 3 nitrogen and oxygen atoms in total. The van der Waals surface area contributed by atoms with Crippen LogP contribution in [-0.4, -0.2) is 18.7 Å². The Morgan fingerprint density at radius 2 is 2.00 bits per heavy atom. The molecule has 0 heterocycles. The zero-order valence-corrected chi connectivity index (χ0v) is 11.0. The van der Waals surface area contributed by atoms with Gasteiger partial charge < -0.3 is 9.47 Å². The van der Waals surface area contributed by atoms with Gasteiger partial charge in [-0.3, -0.25) is 0 Å². The van der Waals surface area contributed by atoms with Crippen molar-refractivity contribution in [3.8, 4) is 5.75 Å².